The Morgan fingerprint density at radius 1 is 0.642 bits per heavy atom. The molecule has 0 unspecified atom stereocenters. The predicted octanol–water partition coefficient (Wildman–Crippen LogP) is 0.799. The number of aliphatic carboxylic acids is 2. The van der Waals surface area contributed by atoms with Gasteiger partial charge in [0.05, 0.1) is 36.3 Å². The summed E-state index contributed by atoms with van der Waals surface area (Å²) in [7, 11) is 0. The molecule has 19 heteroatoms. The lowest BCUT2D eigenvalue weighted by Gasteiger charge is -2.70. The third-order valence-electron chi connectivity index (χ3n) is 19.2. The van der Waals surface area contributed by atoms with E-state index in [1.807, 2.05) is 0 Å². The second-order valence-corrected chi connectivity index (χ2v) is 23.3. The van der Waals surface area contributed by atoms with Gasteiger partial charge in [0.15, 0.2) is 18.9 Å². The van der Waals surface area contributed by atoms with Crippen molar-refractivity contribution in [3.05, 3.63) is 11.6 Å². The van der Waals surface area contributed by atoms with Gasteiger partial charge in [-0.1, -0.05) is 53.2 Å². The summed E-state index contributed by atoms with van der Waals surface area (Å²) in [6, 6.07) is 0. The Morgan fingerprint density at radius 3 is 1.94 bits per heavy atom. The van der Waals surface area contributed by atoms with Gasteiger partial charge in [-0.05, 0) is 111 Å². The molecule has 0 radical (unpaired) electrons. The van der Waals surface area contributed by atoms with Crippen LogP contribution in [0.4, 0.5) is 0 Å². The lowest BCUT2D eigenvalue weighted by molar-refractivity contribution is -0.380. The number of carboxylic acids is 2. The highest BCUT2D eigenvalue weighted by Gasteiger charge is 2.73. The summed E-state index contributed by atoms with van der Waals surface area (Å²) in [5.41, 5.74) is -3.09. The molecular formula is C48H76O19. The molecule has 382 valence electrons. The first-order valence-corrected chi connectivity index (χ1v) is 24.3. The van der Waals surface area contributed by atoms with Gasteiger partial charge in [-0.2, -0.15) is 0 Å². The van der Waals surface area contributed by atoms with Crippen molar-refractivity contribution in [3.8, 4) is 0 Å². The quantitative estimate of drug-likeness (QED) is 0.107. The van der Waals surface area contributed by atoms with Crippen LogP contribution < -0.4 is 0 Å². The number of rotatable bonds is 10. The van der Waals surface area contributed by atoms with Gasteiger partial charge in [-0.3, -0.25) is 9.59 Å². The van der Waals surface area contributed by atoms with E-state index in [1.54, 1.807) is 0 Å². The van der Waals surface area contributed by atoms with Crippen molar-refractivity contribution in [1.29, 1.82) is 0 Å². The van der Waals surface area contributed by atoms with E-state index in [9.17, 15) is 65.8 Å². The van der Waals surface area contributed by atoms with Crippen LogP contribution in [0.15, 0.2) is 11.6 Å². The Hall–Kier alpha value is -1.92. The molecule has 0 bridgehead atoms. The maximum absolute atomic E-state index is 14.0. The average Bonchev–Trinajstić information content (AvgIpc) is 3.26. The first kappa shape index (κ1) is 51.4. The number of hydrogen-bond donors (Lipinski definition) is 11. The fraction of sp³-hybridized carbons (Fsp3) is 0.917. The highest BCUT2D eigenvalue weighted by molar-refractivity contribution is 5.84. The van der Waals surface area contributed by atoms with Gasteiger partial charge in [0.25, 0.3) is 0 Å². The zero-order valence-corrected chi connectivity index (χ0v) is 39.7. The van der Waals surface area contributed by atoms with Gasteiger partial charge in [-0.15, -0.1) is 0 Å². The van der Waals surface area contributed by atoms with Crippen molar-refractivity contribution in [2.45, 2.75) is 211 Å². The predicted molar refractivity (Wildman–Crippen MR) is 231 cm³/mol. The molecule has 8 rings (SSSR count). The van der Waals surface area contributed by atoms with Crippen LogP contribution in [0.5, 0.6) is 0 Å². The number of ether oxygens (including phenoxy) is 6. The molecule has 67 heavy (non-hydrogen) atoms. The molecule has 3 heterocycles. The normalized spacial score (nSPS) is 52.7. The molecule has 0 amide bonds. The van der Waals surface area contributed by atoms with Crippen molar-refractivity contribution in [2.24, 2.45) is 50.2 Å². The lowest BCUT2D eigenvalue weighted by Crippen LogP contribution is -2.68. The van der Waals surface area contributed by atoms with E-state index in [1.165, 1.54) is 6.92 Å². The monoisotopic (exact) mass is 956 g/mol. The molecule has 3 saturated heterocycles. The summed E-state index contributed by atoms with van der Waals surface area (Å²) >= 11 is 0. The second kappa shape index (κ2) is 18.0. The molecule has 5 aliphatic carbocycles. The highest BCUT2D eigenvalue weighted by Crippen LogP contribution is 2.76. The summed E-state index contributed by atoms with van der Waals surface area (Å²) in [5, 5.41) is 119. The van der Waals surface area contributed by atoms with Crippen molar-refractivity contribution >= 4 is 11.9 Å². The van der Waals surface area contributed by atoms with Crippen molar-refractivity contribution in [2.75, 3.05) is 13.2 Å². The number of carbonyl (C=O) groups is 2. The first-order chi connectivity index (χ1) is 31.3. The Bertz CT molecular complexity index is 1880. The van der Waals surface area contributed by atoms with Crippen LogP contribution in [0.3, 0.4) is 0 Å². The topological polar surface area (TPSA) is 312 Å². The van der Waals surface area contributed by atoms with Crippen LogP contribution in [0.2, 0.25) is 0 Å². The molecule has 0 aromatic heterocycles. The summed E-state index contributed by atoms with van der Waals surface area (Å²) < 4.78 is 35.6. The van der Waals surface area contributed by atoms with Gasteiger partial charge >= 0.3 is 11.9 Å². The minimum Gasteiger partial charge on any atom is -0.481 e. The fourth-order valence-corrected chi connectivity index (χ4v) is 15.3. The first-order valence-electron chi connectivity index (χ1n) is 24.3. The number of hydrogen-bond acceptors (Lipinski definition) is 17. The Labute approximate surface area is 391 Å². The standard InChI is InChI=1S/C48H76O19/c1-21-29(51)31(53)37(66-36-30(52)24(19-49)63-38(57)34(36)56)40(62-21)67-35-25(20-50)64-39(33(55)32(35)54)65-28-11-12-45(6)26(44(28,4)5)10-13-46(7)27(45)9-8-22-23-18-43(2,3)14-15-47(23,41(58)59)16-17-48(22,46)42(60)61/h8,21,23-40,49-57H,9-20H2,1-7H3,(H,58,59)(H,60,61)/t21-,23+,24+,25+,26-,27+,28+,29+,30+,31+,32-,33+,34+,35+,36-,37+,38-,39-,40+,45-,46-,47-,48+/m1/s1. The SMILES string of the molecule is C[C@H]1O[C@@H](O[C@@H]2[C@H](O)[C@H](O)[C@@H](O[C@H]3CC[C@]4(C)[C@H](CC[C@]5(C)[C@H]4CC=C4[C@@H]6CC(C)(C)CC[C@@]6(C(=O)O)CC[C@@]45C(=O)O)C3(C)C)O[C@H]2CO)[C@@H](O[C@@H]2[C@@H](O)[C@H](CO)O[C@@H](O)[C@H]2O)[C@@H](O)[C@H]1O. The van der Waals surface area contributed by atoms with E-state index in [0.29, 0.717) is 51.4 Å². The second-order valence-electron chi connectivity index (χ2n) is 23.3. The van der Waals surface area contributed by atoms with E-state index >= 15 is 0 Å². The van der Waals surface area contributed by atoms with Crippen LogP contribution in [0.1, 0.15) is 113 Å². The molecule has 0 aromatic rings. The maximum atomic E-state index is 14.0. The smallest absolute Gasteiger partial charge is 0.314 e. The molecule has 11 N–H and O–H groups in total. The number of carboxylic acid groups (broad SMARTS) is 2. The molecule has 3 aliphatic heterocycles. The summed E-state index contributed by atoms with van der Waals surface area (Å²) in [6.07, 6.45) is -17.1. The lowest BCUT2D eigenvalue weighted by atomic mass is 9.33. The molecule has 0 spiro atoms. The Balaban J connectivity index is 1.00. The van der Waals surface area contributed by atoms with Gasteiger partial charge in [-0.25, -0.2) is 0 Å². The van der Waals surface area contributed by atoms with Crippen LogP contribution >= 0.6 is 0 Å². The minimum absolute atomic E-state index is 0.0222. The number of allylic oxidation sites excluding steroid dienone is 1. The van der Waals surface area contributed by atoms with Crippen molar-refractivity contribution in [3.63, 3.8) is 0 Å². The van der Waals surface area contributed by atoms with Crippen LogP contribution in [0.25, 0.3) is 0 Å². The largest absolute Gasteiger partial charge is 0.481 e. The number of fused-ring (bicyclic) bond motifs is 7. The van der Waals surface area contributed by atoms with E-state index in [0.717, 1.165) is 12.0 Å². The highest BCUT2D eigenvalue weighted by atomic mass is 16.8. The minimum atomic E-state index is -1.90. The molecule has 19 nitrogen and oxygen atoms in total. The molecule has 7 fully saturated rings. The van der Waals surface area contributed by atoms with E-state index in [2.05, 4.69) is 47.6 Å². The van der Waals surface area contributed by atoms with E-state index in [4.69, 9.17) is 28.4 Å². The molecule has 0 aromatic carbocycles. The fourth-order valence-electron chi connectivity index (χ4n) is 15.3. The van der Waals surface area contributed by atoms with Gasteiger partial charge < -0.3 is 84.6 Å². The van der Waals surface area contributed by atoms with Crippen molar-refractivity contribution in [1.82, 2.24) is 0 Å². The third kappa shape index (κ3) is 7.88. The van der Waals surface area contributed by atoms with E-state index < -0.39 is 145 Å². The molecule has 23 atom stereocenters. The van der Waals surface area contributed by atoms with Crippen LogP contribution in [-0.2, 0) is 38.0 Å². The summed E-state index contributed by atoms with van der Waals surface area (Å²) in [4.78, 5) is 27.2. The van der Waals surface area contributed by atoms with Gasteiger partial charge in [0.2, 0.25) is 0 Å². The van der Waals surface area contributed by atoms with Gasteiger partial charge in [0.1, 0.15) is 67.1 Å². The van der Waals surface area contributed by atoms with Crippen molar-refractivity contribution < 1.29 is 94.2 Å². The molecule has 4 saturated carbocycles. The average molecular weight is 957 g/mol. The zero-order valence-electron chi connectivity index (χ0n) is 39.7. The third-order valence-corrected chi connectivity index (χ3v) is 19.2. The molecule has 8 aliphatic rings. The van der Waals surface area contributed by atoms with Crippen LogP contribution in [-0.4, -0.2) is 180 Å². The number of aliphatic hydroxyl groups excluding tert-OH is 9. The maximum Gasteiger partial charge on any atom is 0.314 e. The Morgan fingerprint density at radius 2 is 1.30 bits per heavy atom. The number of aliphatic hydroxyl groups is 9. The zero-order chi connectivity index (χ0) is 49.1. The molecular weight excluding hydrogens is 881 g/mol. The summed E-state index contributed by atoms with van der Waals surface area (Å²) in [6.45, 7) is 12.8. The Kier molecular flexibility index (Phi) is 13.8. The van der Waals surface area contributed by atoms with Crippen LogP contribution in [0, 0.1) is 50.2 Å². The summed E-state index contributed by atoms with van der Waals surface area (Å²) in [5.74, 6) is -2.09. The van der Waals surface area contributed by atoms with E-state index in [-0.39, 0.29) is 35.0 Å². The van der Waals surface area contributed by atoms with Gasteiger partial charge in [0, 0.05) is 0 Å².